The number of halogens is 4. The van der Waals surface area contributed by atoms with Gasteiger partial charge in [-0.25, -0.2) is 36.7 Å². The van der Waals surface area contributed by atoms with Gasteiger partial charge < -0.3 is 20.1 Å². The number of rotatable bonds is 5. The molecule has 10 nitrogen and oxygen atoms in total. The minimum atomic E-state index is -1.25. The Labute approximate surface area is 242 Å². The Hall–Kier alpha value is -6.18. The summed E-state index contributed by atoms with van der Waals surface area (Å²) in [5.74, 6) is -10.7. The zero-order valence-electron chi connectivity index (χ0n) is 21.6. The number of benzene rings is 4. The molecule has 4 aromatic rings. The van der Waals surface area contributed by atoms with Crippen molar-refractivity contribution in [3.63, 3.8) is 0 Å². The Bertz CT molecular complexity index is 1900. The van der Waals surface area contributed by atoms with Gasteiger partial charge >= 0.3 is 23.9 Å². The fourth-order valence-electron chi connectivity index (χ4n) is 4.54. The van der Waals surface area contributed by atoms with Crippen LogP contribution in [-0.2, 0) is 9.47 Å². The molecule has 0 saturated heterocycles. The summed E-state index contributed by atoms with van der Waals surface area (Å²) in [6, 6.07) is 8.82. The molecular weight excluding hydrogens is 592 g/mol. The van der Waals surface area contributed by atoms with Crippen LogP contribution < -0.4 is 10.6 Å². The van der Waals surface area contributed by atoms with Gasteiger partial charge in [-0.05, 0) is 48.5 Å². The number of hydrogen-bond donors (Lipinski definition) is 2. The molecule has 218 valence electrons. The average molecular weight is 604 g/mol. The van der Waals surface area contributed by atoms with Crippen molar-refractivity contribution in [3.05, 3.63) is 117 Å². The lowest BCUT2D eigenvalue weighted by molar-refractivity contribution is 0.0425. The highest BCUT2D eigenvalue weighted by molar-refractivity contribution is 6.17. The highest BCUT2D eigenvalue weighted by atomic mass is 19.1. The van der Waals surface area contributed by atoms with E-state index in [0.717, 1.165) is 36.4 Å². The molecule has 2 N–H and O–H groups in total. The lowest BCUT2D eigenvalue weighted by Crippen LogP contribution is -2.15. The van der Waals surface area contributed by atoms with Gasteiger partial charge in [0.05, 0.1) is 33.6 Å². The van der Waals surface area contributed by atoms with Crippen LogP contribution in [0.2, 0.25) is 0 Å². The van der Waals surface area contributed by atoms with Crippen molar-refractivity contribution in [2.45, 2.75) is 0 Å². The Kier molecular flexibility index (Phi) is 6.53. The van der Waals surface area contributed by atoms with E-state index in [9.17, 15) is 37.5 Å². The summed E-state index contributed by atoms with van der Waals surface area (Å²) in [5.41, 5.74) is -3.63. The zero-order chi connectivity index (χ0) is 31.4. The third-order valence-electron chi connectivity index (χ3n) is 6.71. The first-order chi connectivity index (χ1) is 20.9. The second-order valence-electron chi connectivity index (χ2n) is 9.41. The van der Waals surface area contributed by atoms with Crippen molar-refractivity contribution in [1.29, 1.82) is 0 Å². The molecule has 2 aliphatic rings. The fourth-order valence-corrected chi connectivity index (χ4v) is 4.54. The number of anilines is 2. The molecule has 0 aliphatic carbocycles. The maximum absolute atomic E-state index is 15.0. The molecule has 0 aromatic heterocycles. The first-order valence-corrected chi connectivity index (χ1v) is 12.3. The van der Waals surface area contributed by atoms with Crippen LogP contribution >= 0.6 is 0 Å². The SMILES string of the molecule is O=C(Nc1cc(F)c(-c2cc(F)c(NC(=O)c3ccc4c(c3)C(=O)OC4=O)cc2F)cc1F)c1ccc2c(c1)C(=O)OC2=O. The van der Waals surface area contributed by atoms with Crippen molar-refractivity contribution in [1.82, 2.24) is 0 Å². The summed E-state index contributed by atoms with van der Waals surface area (Å²) in [4.78, 5) is 71.9. The smallest absolute Gasteiger partial charge is 0.346 e. The number of nitrogens with one attached hydrogen (secondary N) is 2. The zero-order valence-corrected chi connectivity index (χ0v) is 21.6. The summed E-state index contributed by atoms with van der Waals surface area (Å²) in [7, 11) is 0. The van der Waals surface area contributed by atoms with Gasteiger partial charge in [0.2, 0.25) is 0 Å². The Morgan fingerprint density at radius 3 is 1.20 bits per heavy atom. The number of hydrogen-bond acceptors (Lipinski definition) is 8. The van der Waals surface area contributed by atoms with Crippen LogP contribution in [0.5, 0.6) is 0 Å². The molecule has 14 heteroatoms. The van der Waals surface area contributed by atoms with E-state index >= 15 is 8.78 Å². The molecule has 2 aliphatic heterocycles. The van der Waals surface area contributed by atoms with Crippen LogP contribution in [0.3, 0.4) is 0 Å². The Morgan fingerprint density at radius 1 is 0.455 bits per heavy atom. The summed E-state index contributed by atoms with van der Waals surface area (Å²) in [6.07, 6.45) is 0. The van der Waals surface area contributed by atoms with E-state index in [1.165, 1.54) is 0 Å². The minimum absolute atomic E-state index is 0.0690. The molecule has 0 radical (unpaired) electrons. The van der Waals surface area contributed by atoms with Crippen LogP contribution in [0.4, 0.5) is 28.9 Å². The van der Waals surface area contributed by atoms with E-state index < -0.39 is 81.5 Å². The normalized spacial score (nSPS) is 13.3. The third kappa shape index (κ3) is 4.73. The van der Waals surface area contributed by atoms with Gasteiger partial charge in [-0.3, -0.25) is 9.59 Å². The summed E-state index contributed by atoms with van der Waals surface area (Å²) < 4.78 is 68.7. The molecule has 0 fully saturated rings. The number of fused-ring (bicyclic) bond motifs is 2. The largest absolute Gasteiger partial charge is 0.386 e. The van der Waals surface area contributed by atoms with Crippen LogP contribution in [0, 0.1) is 23.3 Å². The molecule has 0 spiro atoms. The van der Waals surface area contributed by atoms with Crippen LogP contribution in [0.1, 0.15) is 62.1 Å². The number of ether oxygens (including phenoxy) is 2. The van der Waals surface area contributed by atoms with Crippen LogP contribution in [-0.4, -0.2) is 35.7 Å². The van der Waals surface area contributed by atoms with E-state index in [-0.39, 0.29) is 33.4 Å². The highest BCUT2D eigenvalue weighted by Gasteiger charge is 2.32. The maximum Gasteiger partial charge on any atom is 0.346 e. The van der Waals surface area contributed by atoms with E-state index in [1.54, 1.807) is 0 Å². The molecule has 44 heavy (non-hydrogen) atoms. The number of esters is 4. The molecule has 0 atom stereocenters. The average Bonchev–Trinajstić information content (AvgIpc) is 3.44. The van der Waals surface area contributed by atoms with Gasteiger partial charge in [-0.15, -0.1) is 0 Å². The van der Waals surface area contributed by atoms with Crippen molar-refractivity contribution < 1.29 is 55.8 Å². The van der Waals surface area contributed by atoms with Crippen molar-refractivity contribution in [3.8, 4) is 11.1 Å². The van der Waals surface area contributed by atoms with E-state index in [1.807, 2.05) is 0 Å². The number of carbonyl (C=O) groups excluding carboxylic acids is 6. The highest BCUT2D eigenvalue weighted by Crippen LogP contribution is 2.33. The van der Waals surface area contributed by atoms with Gasteiger partial charge in [0, 0.05) is 34.4 Å². The minimum Gasteiger partial charge on any atom is -0.386 e. The quantitative estimate of drug-likeness (QED) is 0.183. The second kappa shape index (κ2) is 10.3. The van der Waals surface area contributed by atoms with E-state index in [4.69, 9.17) is 0 Å². The summed E-state index contributed by atoms with van der Waals surface area (Å²) >= 11 is 0. The summed E-state index contributed by atoms with van der Waals surface area (Å²) in [6.45, 7) is 0. The van der Waals surface area contributed by atoms with Gasteiger partial charge in [0.25, 0.3) is 11.8 Å². The Morgan fingerprint density at radius 2 is 0.818 bits per heavy atom. The molecule has 6 rings (SSSR count). The standard InChI is InChI=1S/C30H12F4N2O8/c31-19-9-23(35-25(37)11-1-3-13-17(5-11)29(41)43-27(13)39)21(33)7-15(19)16-8-22(34)24(10-20(16)32)36-26(38)12-2-4-14-18(6-12)30(42)44-28(14)40/h1-10H,(H,35,37)(H,36,38). The lowest BCUT2D eigenvalue weighted by atomic mass is 10.0. The lowest BCUT2D eigenvalue weighted by Gasteiger charge is -2.13. The predicted octanol–water partition coefficient (Wildman–Crippen LogP) is 5.04. The van der Waals surface area contributed by atoms with E-state index in [2.05, 4.69) is 20.1 Å². The third-order valence-corrected chi connectivity index (χ3v) is 6.71. The molecule has 2 heterocycles. The molecule has 0 saturated carbocycles. The van der Waals surface area contributed by atoms with Crippen molar-refractivity contribution in [2.75, 3.05) is 10.6 Å². The number of cyclic esters (lactones) is 4. The van der Waals surface area contributed by atoms with Crippen LogP contribution in [0.15, 0.2) is 60.7 Å². The Balaban J connectivity index is 1.22. The molecule has 4 aromatic carbocycles. The monoisotopic (exact) mass is 604 g/mol. The fraction of sp³-hybridized carbons (Fsp3) is 0. The topological polar surface area (TPSA) is 145 Å². The first-order valence-electron chi connectivity index (χ1n) is 12.3. The molecule has 2 amide bonds. The summed E-state index contributed by atoms with van der Waals surface area (Å²) in [5, 5.41) is 4.20. The van der Waals surface area contributed by atoms with Gasteiger partial charge in [0.15, 0.2) is 0 Å². The van der Waals surface area contributed by atoms with E-state index in [0.29, 0.717) is 24.3 Å². The predicted molar refractivity (Wildman–Crippen MR) is 140 cm³/mol. The van der Waals surface area contributed by atoms with Crippen LogP contribution in [0.25, 0.3) is 11.1 Å². The van der Waals surface area contributed by atoms with Crippen molar-refractivity contribution >= 4 is 47.1 Å². The van der Waals surface area contributed by atoms with Gasteiger partial charge in [-0.2, -0.15) is 0 Å². The van der Waals surface area contributed by atoms with Gasteiger partial charge in [0.1, 0.15) is 23.3 Å². The maximum atomic E-state index is 15.0. The second-order valence-corrected chi connectivity index (χ2v) is 9.41. The first kappa shape index (κ1) is 28.0. The number of carbonyl (C=O) groups is 6. The van der Waals surface area contributed by atoms with Gasteiger partial charge in [-0.1, -0.05) is 0 Å². The molecule has 0 unspecified atom stereocenters. The number of amides is 2. The molecule has 0 bridgehead atoms. The molecular formula is C30H12F4N2O8. The van der Waals surface area contributed by atoms with Crippen molar-refractivity contribution in [2.24, 2.45) is 0 Å².